The number of pyridine rings is 1. The first kappa shape index (κ1) is 21.9. The van der Waals surface area contributed by atoms with E-state index in [9.17, 15) is 4.79 Å². The molecule has 0 aliphatic rings. The number of nitrogens with zero attached hydrogens (tertiary/aromatic N) is 3. The number of methoxy groups -OCH3 is 3. The molecule has 0 aliphatic carbocycles. The Balaban J connectivity index is 1.67. The lowest BCUT2D eigenvalue weighted by Gasteiger charge is -2.24. The number of hydrogen-bond donors (Lipinski definition) is 0. The van der Waals surface area contributed by atoms with Gasteiger partial charge in [-0.2, -0.15) is 0 Å². The maximum Gasteiger partial charge on any atom is 0.241 e. The van der Waals surface area contributed by atoms with Crippen molar-refractivity contribution in [2.45, 2.75) is 4.34 Å². The zero-order valence-electron chi connectivity index (χ0n) is 17.8. The largest absolute Gasteiger partial charge is 0.493 e. The summed E-state index contributed by atoms with van der Waals surface area (Å²) in [4.78, 5) is 23.7. The van der Waals surface area contributed by atoms with E-state index < -0.39 is 0 Å². The predicted molar refractivity (Wildman–Crippen MR) is 128 cm³/mol. The molecule has 4 aromatic rings. The molecule has 9 heteroatoms. The normalized spacial score (nSPS) is 10.7. The van der Waals surface area contributed by atoms with Gasteiger partial charge < -0.3 is 14.2 Å². The summed E-state index contributed by atoms with van der Waals surface area (Å²) in [5.74, 6) is 1.48. The highest BCUT2D eigenvalue weighted by Gasteiger charge is 2.23. The van der Waals surface area contributed by atoms with Gasteiger partial charge in [0.25, 0.3) is 0 Å². The molecule has 2 heterocycles. The smallest absolute Gasteiger partial charge is 0.241 e. The van der Waals surface area contributed by atoms with E-state index in [0.717, 1.165) is 14.6 Å². The van der Waals surface area contributed by atoms with E-state index in [1.807, 2.05) is 24.3 Å². The number of carbonyl (C=O) groups is 1. The molecule has 0 fully saturated rings. The number of thiazole rings is 1. The molecule has 4 rings (SSSR count). The Morgan fingerprint density at radius 3 is 2.28 bits per heavy atom. The summed E-state index contributed by atoms with van der Waals surface area (Å²) in [6.07, 6.45) is 3.29. The van der Waals surface area contributed by atoms with Crippen LogP contribution in [-0.4, -0.2) is 43.0 Å². The van der Waals surface area contributed by atoms with Crippen molar-refractivity contribution < 1.29 is 19.0 Å². The standard InChI is InChI=1S/C23H21N3O4S2/c1-28-18-12-16(13-19(29-2)22(18)30-3)26(15-8-10-24-11-9-15)21(27)14-31-23-25-17-6-4-5-7-20(17)32-23/h4-13H,14H2,1-3H3. The Morgan fingerprint density at radius 1 is 0.969 bits per heavy atom. The molecule has 0 radical (unpaired) electrons. The fourth-order valence-electron chi connectivity index (χ4n) is 3.23. The minimum atomic E-state index is -0.116. The number of fused-ring (bicyclic) bond motifs is 1. The van der Waals surface area contributed by atoms with Crippen LogP contribution >= 0.6 is 23.1 Å². The van der Waals surface area contributed by atoms with Gasteiger partial charge in [0.1, 0.15) is 0 Å². The third-order valence-corrected chi connectivity index (χ3v) is 6.84. The van der Waals surface area contributed by atoms with Crippen molar-refractivity contribution in [2.75, 3.05) is 32.0 Å². The molecule has 2 aromatic carbocycles. The summed E-state index contributed by atoms with van der Waals surface area (Å²) < 4.78 is 18.3. The number of carbonyl (C=O) groups excluding carboxylic acids is 1. The van der Waals surface area contributed by atoms with Crippen LogP contribution < -0.4 is 19.1 Å². The molecule has 164 valence electrons. The lowest BCUT2D eigenvalue weighted by atomic mass is 10.2. The van der Waals surface area contributed by atoms with Gasteiger partial charge in [-0.1, -0.05) is 23.9 Å². The second kappa shape index (κ2) is 9.88. The van der Waals surface area contributed by atoms with Crippen LogP contribution in [0.3, 0.4) is 0 Å². The topological polar surface area (TPSA) is 73.8 Å². The highest BCUT2D eigenvalue weighted by Crippen LogP contribution is 2.43. The molecule has 0 bridgehead atoms. The maximum absolute atomic E-state index is 13.4. The molecule has 0 unspecified atom stereocenters. The Bertz CT molecular complexity index is 1170. The number of para-hydroxylation sites is 1. The van der Waals surface area contributed by atoms with Gasteiger partial charge in [-0.25, -0.2) is 4.98 Å². The van der Waals surface area contributed by atoms with Crippen LogP contribution in [0.5, 0.6) is 17.2 Å². The minimum absolute atomic E-state index is 0.116. The average Bonchev–Trinajstić information content (AvgIpc) is 3.26. The zero-order chi connectivity index (χ0) is 22.5. The van der Waals surface area contributed by atoms with Crippen LogP contribution in [0.4, 0.5) is 11.4 Å². The van der Waals surface area contributed by atoms with Crippen molar-refractivity contribution in [3.05, 3.63) is 60.9 Å². The first-order valence-electron chi connectivity index (χ1n) is 9.66. The number of amides is 1. The monoisotopic (exact) mass is 467 g/mol. The minimum Gasteiger partial charge on any atom is -0.493 e. The molecule has 0 atom stereocenters. The fraction of sp³-hybridized carbons (Fsp3) is 0.174. The quantitative estimate of drug-likeness (QED) is 0.331. The molecule has 0 saturated heterocycles. The van der Waals surface area contributed by atoms with Crippen molar-refractivity contribution >= 4 is 50.6 Å². The SMILES string of the molecule is COc1cc(N(C(=O)CSc2nc3ccccc3s2)c2ccncc2)cc(OC)c1OC. The molecule has 0 saturated carbocycles. The zero-order valence-corrected chi connectivity index (χ0v) is 19.4. The highest BCUT2D eigenvalue weighted by molar-refractivity contribution is 8.01. The first-order chi connectivity index (χ1) is 15.6. The van der Waals surface area contributed by atoms with Gasteiger partial charge in [-0.05, 0) is 24.3 Å². The molecule has 7 nitrogen and oxygen atoms in total. The summed E-state index contributed by atoms with van der Waals surface area (Å²) in [6, 6.07) is 15.0. The lowest BCUT2D eigenvalue weighted by Crippen LogP contribution is -2.27. The summed E-state index contributed by atoms with van der Waals surface area (Å²) in [7, 11) is 4.63. The lowest BCUT2D eigenvalue weighted by molar-refractivity contribution is -0.115. The van der Waals surface area contributed by atoms with E-state index in [4.69, 9.17) is 14.2 Å². The van der Waals surface area contributed by atoms with E-state index >= 15 is 0 Å². The van der Waals surface area contributed by atoms with E-state index in [2.05, 4.69) is 9.97 Å². The molecule has 0 N–H and O–H groups in total. The predicted octanol–water partition coefficient (Wildman–Crippen LogP) is 5.17. The van der Waals surface area contributed by atoms with Crippen LogP contribution in [0.15, 0.2) is 65.3 Å². The van der Waals surface area contributed by atoms with Gasteiger partial charge in [0.05, 0.1) is 48.7 Å². The summed E-state index contributed by atoms with van der Waals surface area (Å²) in [6.45, 7) is 0. The number of hydrogen-bond acceptors (Lipinski definition) is 8. The Morgan fingerprint density at radius 2 is 1.66 bits per heavy atom. The van der Waals surface area contributed by atoms with Crippen molar-refractivity contribution in [1.29, 1.82) is 0 Å². The Kier molecular flexibility index (Phi) is 6.77. The number of aromatic nitrogens is 2. The van der Waals surface area contributed by atoms with Gasteiger partial charge >= 0.3 is 0 Å². The Hall–Kier alpha value is -3.30. The van der Waals surface area contributed by atoms with E-state index in [1.165, 1.54) is 11.8 Å². The maximum atomic E-state index is 13.4. The number of anilines is 2. The van der Waals surface area contributed by atoms with Crippen molar-refractivity contribution in [2.24, 2.45) is 0 Å². The van der Waals surface area contributed by atoms with Gasteiger partial charge in [0.15, 0.2) is 15.8 Å². The summed E-state index contributed by atoms with van der Waals surface area (Å²) in [5.41, 5.74) is 2.22. The average molecular weight is 468 g/mol. The van der Waals surface area contributed by atoms with E-state index in [-0.39, 0.29) is 11.7 Å². The second-order valence-corrected chi connectivity index (χ2v) is 8.81. The molecule has 32 heavy (non-hydrogen) atoms. The molecule has 0 aliphatic heterocycles. The van der Waals surface area contributed by atoms with Crippen LogP contribution in [-0.2, 0) is 4.79 Å². The second-order valence-electron chi connectivity index (χ2n) is 6.55. The number of benzene rings is 2. The number of rotatable bonds is 8. The van der Waals surface area contributed by atoms with Crippen molar-refractivity contribution in [1.82, 2.24) is 9.97 Å². The Labute approximate surface area is 194 Å². The van der Waals surface area contributed by atoms with Gasteiger partial charge in [0.2, 0.25) is 11.7 Å². The first-order valence-corrected chi connectivity index (χ1v) is 11.5. The fourth-order valence-corrected chi connectivity index (χ4v) is 5.15. The molecule has 1 amide bonds. The number of ether oxygens (including phenoxy) is 3. The summed E-state index contributed by atoms with van der Waals surface area (Å²) in [5, 5.41) is 0. The number of thioether (sulfide) groups is 1. The molecular formula is C23H21N3O4S2. The summed E-state index contributed by atoms with van der Waals surface area (Å²) >= 11 is 2.99. The molecule has 0 spiro atoms. The van der Waals surface area contributed by atoms with Gasteiger partial charge in [0, 0.05) is 24.5 Å². The van der Waals surface area contributed by atoms with Crippen LogP contribution in [0, 0.1) is 0 Å². The van der Waals surface area contributed by atoms with Gasteiger partial charge in [-0.15, -0.1) is 11.3 Å². The van der Waals surface area contributed by atoms with Gasteiger partial charge in [-0.3, -0.25) is 14.7 Å². The van der Waals surface area contributed by atoms with Crippen molar-refractivity contribution in [3.8, 4) is 17.2 Å². The van der Waals surface area contributed by atoms with Crippen LogP contribution in [0.1, 0.15) is 0 Å². The van der Waals surface area contributed by atoms with E-state index in [0.29, 0.717) is 28.6 Å². The molecule has 2 aromatic heterocycles. The third kappa shape index (κ3) is 4.49. The highest BCUT2D eigenvalue weighted by atomic mass is 32.2. The van der Waals surface area contributed by atoms with Crippen molar-refractivity contribution in [3.63, 3.8) is 0 Å². The molecular weight excluding hydrogens is 446 g/mol. The van der Waals surface area contributed by atoms with Crippen LogP contribution in [0.25, 0.3) is 10.2 Å². The van der Waals surface area contributed by atoms with Crippen LogP contribution in [0.2, 0.25) is 0 Å². The van der Waals surface area contributed by atoms with E-state index in [1.54, 1.807) is 74.2 Å². The third-order valence-electron chi connectivity index (χ3n) is 4.67.